The van der Waals surface area contributed by atoms with Gasteiger partial charge in [0.25, 0.3) is 0 Å². The maximum atomic E-state index is 6.16. The second kappa shape index (κ2) is 9.69. The van der Waals surface area contributed by atoms with E-state index in [1.165, 1.54) is 5.56 Å². The van der Waals surface area contributed by atoms with E-state index in [9.17, 15) is 0 Å². The van der Waals surface area contributed by atoms with E-state index in [4.69, 9.17) is 17.0 Å². The number of likely N-dealkylation sites (tertiary alicyclic amines) is 1. The number of nitrogens with one attached hydrogen (secondary N) is 1. The number of piperidine rings is 1. The van der Waals surface area contributed by atoms with Crippen LogP contribution in [-0.2, 0) is 11.3 Å². The molecule has 1 heterocycles. The Balaban J connectivity index is 1.58. The van der Waals surface area contributed by atoms with Crippen LogP contribution in [0.4, 0.5) is 5.69 Å². The lowest BCUT2D eigenvalue weighted by Gasteiger charge is -2.48. The van der Waals surface area contributed by atoms with Gasteiger partial charge in [0, 0.05) is 43.7 Å². The van der Waals surface area contributed by atoms with Crippen molar-refractivity contribution in [2.75, 3.05) is 25.5 Å². The quantitative estimate of drug-likeness (QED) is 0.608. The summed E-state index contributed by atoms with van der Waals surface area (Å²) in [6.45, 7) is 3.03. The third kappa shape index (κ3) is 4.72. The fourth-order valence-corrected chi connectivity index (χ4v) is 4.93. The summed E-state index contributed by atoms with van der Waals surface area (Å²) >= 11 is 5.73. The van der Waals surface area contributed by atoms with Crippen molar-refractivity contribution in [3.05, 3.63) is 90.0 Å². The number of benzene rings is 2. The fraction of sp³-hybridized carbons (Fsp3) is 0.346. The number of hydrogen-bond donors (Lipinski definition) is 1. The average molecular weight is 419 g/mol. The van der Waals surface area contributed by atoms with Crippen LogP contribution in [0.25, 0.3) is 0 Å². The monoisotopic (exact) mass is 418 g/mol. The van der Waals surface area contributed by atoms with E-state index in [-0.39, 0.29) is 11.6 Å². The third-order valence-electron chi connectivity index (χ3n) is 6.22. The highest BCUT2D eigenvalue weighted by Gasteiger charge is 2.44. The zero-order chi connectivity index (χ0) is 20.8. The molecule has 3 nitrogen and oxygen atoms in total. The lowest BCUT2D eigenvalue weighted by Crippen LogP contribution is -2.58. The van der Waals surface area contributed by atoms with Crippen molar-refractivity contribution in [1.29, 1.82) is 0 Å². The molecule has 0 bridgehead atoms. The predicted molar refractivity (Wildman–Crippen MR) is 129 cm³/mol. The Morgan fingerprint density at radius 1 is 1.03 bits per heavy atom. The van der Waals surface area contributed by atoms with Crippen molar-refractivity contribution in [3.63, 3.8) is 0 Å². The molecule has 0 radical (unpaired) electrons. The molecule has 1 aliphatic heterocycles. The smallest absolute Gasteiger partial charge is 0.106 e. The van der Waals surface area contributed by atoms with Gasteiger partial charge in [0.15, 0.2) is 0 Å². The summed E-state index contributed by atoms with van der Waals surface area (Å²) in [4.78, 5) is 3.53. The molecule has 4 heteroatoms. The van der Waals surface area contributed by atoms with Gasteiger partial charge in [-0.15, -0.1) is 0 Å². The molecule has 1 saturated heterocycles. The maximum Gasteiger partial charge on any atom is 0.106 e. The Labute approximate surface area is 185 Å². The van der Waals surface area contributed by atoms with Crippen LogP contribution in [0.15, 0.2) is 84.5 Å². The van der Waals surface area contributed by atoms with Crippen molar-refractivity contribution in [2.24, 2.45) is 0 Å². The molecule has 1 unspecified atom stereocenters. The summed E-state index contributed by atoms with van der Waals surface area (Å²) in [7, 11) is 1.82. The summed E-state index contributed by atoms with van der Waals surface area (Å²) in [5.74, 6) is 0. The standard InChI is InChI=1S/C26H30N2OS/c1-29-25(23-14-8-9-15-24(23)30)26(27-22-12-6-3-7-13-22)16-18-28(19-17-26)20-21-10-4-2-5-11-21/h2-14,25,27H,15-20H2,1H3. The lowest BCUT2D eigenvalue weighted by atomic mass is 9.76. The molecular weight excluding hydrogens is 388 g/mol. The largest absolute Gasteiger partial charge is 0.377 e. The zero-order valence-corrected chi connectivity index (χ0v) is 18.4. The van der Waals surface area contributed by atoms with Crippen LogP contribution >= 0.6 is 12.2 Å². The number of allylic oxidation sites excluding steroid dienone is 3. The average Bonchev–Trinajstić information content (AvgIpc) is 2.79. The van der Waals surface area contributed by atoms with Crippen LogP contribution in [0.5, 0.6) is 0 Å². The van der Waals surface area contributed by atoms with Crippen molar-refractivity contribution in [3.8, 4) is 0 Å². The van der Waals surface area contributed by atoms with Gasteiger partial charge in [0.2, 0.25) is 0 Å². The van der Waals surface area contributed by atoms with Gasteiger partial charge in [-0.05, 0) is 36.1 Å². The minimum Gasteiger partial charge on any atom is -0.377 e. The Morgan fingerprint density at radius 2 is 1.70 bits per heavy atom. The number of ether oxygens (including phenoxy) is 1. The Hall–Kier alpha value is -2.27. The Morgan fingerprint density at radius 3 is 2.33 bits per heavy atom. The molecule has 30 heavy (non-hydrogen) atoms. The zero-order valence-electron chi connectivity index (χ0n) is 17.6. The van der Waals surface area contributed by atoms with Crippen LogP contribution in [0.3, 0.4) is 0 Å². The minimum atomic E-state index is -0.190. The first-order valence-corrected chi connectivity index (χ1v) is 11.1. The second-order valence-electron chi connectivity index (χ2n) is 8.20. The Kier molecular flexibility index (Phi) is 6.78. The first-order chi connectivity index (χ1) is 14.7. The highest BCUT2D eigenvalue weighted by atomic mass is 32.1. The second-order valence-corrected chi connectivity index (χ2v) is 8.69. The number of nitrogens with zero attached hydrogens (tertiary/aromatic N) is 1. The number of hydrogen-bond acceptors (Lipinski definition) is 4. The molecule has 2 aliphatic rings. The summed E-state index contributed by atoms with van der Waals surface area (Å²) in [6.07, 6.45) is 9.12. The van der Waals surface area contributed by atoms with Gasteiger partial charge in [-0.3, -0.25) is 4.90 Å². The van der Waals surface area contributed by atoms with Crippen LogP contribution in [-0.4, -0.2) is 41.6 Å². The van der Waals surface area contributed by atoms with Gasteiger partial charge in [0.1, 0.15) is 6.10 Å². The molecule has 1 fully saturated rings. The fourth-order valence-electron chi connectivity index (χ4n) is 4.65. The molecule has 0 amide bonds. The molecule has 1 aliphatic carbocycles. The summed E-state index contributed by atoms with van der Waals surface area (Å²) in [5.41, 5.74) is 3.46. The molecular formula is C26H30N2OS. The predicted octanol–water partition coefficient (Wildman–Crippen LogP) is 5.40. The van der Waals surface area contributed by atoms with Gasteiger partial charge in [-0.2, -0.15) is 0 Å². The summed E-state index contributed by atoms with van der Waals surface area (Å²) in [6, 6.07) is 21.2. The first-order valence-electron chi connectivity index (χ1n) is 10.7. The van der Waals surface area contributed by atoms with E-state index in [1.807, 2.05) is 7.11 Å². The summed E-state index contributed by atoms with van der Waals surface area (Å²) < 4.78 is 6.16. The molecule has 156 valence electrons. The molecule has 0 aromatic heterocycles. The molecule has 1 atom stereocenters. The SMILES string of the molecule is COC(C1=CC=CCC1=S)C1(Nc2ccccc2)CCN(Cc2ccccc2)CC1. The van der Waals surface area contributed by atoms with Crippen LogP contribution in [0.1, 0.15) is 24.8 Å². The van der Waals surface area contributed by atoms with Crippen molar-refractivity contribution < 1.29 is 4.74 Å². The van der Waals surface area contributed by atoms with Gasteiger partial charge in [-0.1, -0.05) is 79.0 Å². The number of methoxy groups -OCH3 is 1. The number of thiocarbonyl (C=S) groups is 1. The topological polar surface area (TPSA) is 24.5 Å². The van der Waals surface area contributed by atoms with Crippen LogP contribution in [0.2, 0.25) is 0 Å². The highest BCUT2D eigenvalue weighted by Crippen LogP contribution is 2.36. The minimum absolute atomic E-state index is 0.0750. The molecule has 4 rings (SSSR count). The van der Waals surface area contributed by atoms with Gasteiger partial charge in [0.05, 0.1) is 5.54 Å². The Bertz CT molecular complexity index is 899. The van der Waals surface area contributed by atoms with E-state index in [2.05, 4.69) is 89.1 Å². The van der Waals surface area contributed by atoms with Gasteiger partial charge >= 0.3 is 0 Å². The van der Waals surface area contributed by atoms with Crippen molar-refractivity contribution >= 4 is 22.8 Å². The first kappa shape index (κ1) is 21.0. The van der Waals surface area contributed by atoms with E-state index in [0.29, 0.717) is 0 Å². The number of rotatable bonds is 7. The third-order valence-corrected chi connectivity index (χ3v) is 6.62. The van der Waals surface area contributed by atoms with Crippen molar-refractivity contribution in [2.45, 2.75) is 37.5 Å². The van der Waals surface area contributed by atoms with E-state index >= 15 is 0 Å². The van der Waals surface area contributed by atoms with Crippen molar-refractivity contribution in [1.82, 2.24) is 4.90 Å². The number of para-hydroxylation sites is 1. The molecule has 2 aromatic rings. The molecule has 2 aromatic carbocycles. The van der Waals surface area contributed by atoms with Gasteiger partial charge in [-0.25, -0.2) is 0 Å². The highest BCUT2D eigenvalue weighted by molar-refractivity contribution is 7.80. The van der Waals surface area contributed by atoms with Crippen LogP contribution in [0, 0.1) is 0 Å². The normalized spacial score (nSPS) is 19.9. The molecule has 1 N–H and O–H groups in total. The van der Waals surface area contributed by atoms with E-state index in [0.717, 1.165) is 55.0 Å². The lowest BCUT2D eigenvalue weighted by molar-refractivity contribution is 0.0369. The number of anilines is 1. The molecule has 0 saturated carbocycles. The van der Waals surface area contributed by atoms with E-state index in [1.54, 1.807) is 0 Å². The van der Waals surface area contributed by atoms with Crippen LogP contribution < -0.4 is 5.32 Å². The van der Waals surface area contributed by atoms with E-state index < -0.39 is 0 Å². The summed E-state index contributed by atoms with van der Waals surface area (Å²) in [5, 5.41) is 3.87. The van der Waals surface area contributed by atoms with Gasteiger partial charge < -0.3 is 10.1 Å². The maximum absolute atomic E-state index is 6.16. The molecule has 0 spiro atoms.